The number of carboxylic acids is 1. The molecule has 1 aliphatic rings. The highest BCUT2D eigenvalue weighted by molar-refractivity contribution is 6.07. The zero-order valence-corrected chi connectivity index (χ0v) is 13.4. The third-order valence-electron chi connectivity index (χ3n) is 4.34. The summed E-state index contributed by atoms with van der Waals surface area (Å²) >= 11 is 0. The predicted octanol–water partition coefficient (Wildman–Crippen LogP) is 3.32. The first-order chi connectivity index (χ1) is 11.0. The first-order valence-electron chi connectivity index (χ1n) is 8.07. The second-order valence-electron chi connectivity index (χ2n) is 6.18. The highest BCUT2D eigenvalue weighted by Crippen LogP contribution is 2.33. The van der Waals surface area contributed by atoms with Crippen LogP contribution in [0.1, 0.15) is 42.8 Å². The largest absolute Gasteiger partial charge is 0.481 e. The molecule has 1 aromatic carbocycles. The van der Waals surface area contributed by atoms with Gasteiger partial charge in [-0.1, -0.05) is 32.0 Å². The van der Waals surface area contributed by atoms with Crippen LogP contribution in [0, 0.1) is 5.92 Å². The molecule has 1 heterocycles. The summed E-state index contributed by atoms with van der Waals surface area (Å²) in [5.74, 6) is -0.897. The van der Waals surface area contributed by atoms with Crippen LogP contribution in [0.25, 0.3) is 11.0 Å². The number of aliphatic carboxylic acids is 1. The van der Waals surface area contributed by atoms with Crippen molar-refractivity contribution in [1.29, 1.82) is 0 Å². The molecule has 2 aromatic rings. The molecule has 5 nitrogen and oxygen atoms in total. The standard InChI is InChI=1S/C18H21NO4/c1-3-14-16(13-6-4-5-7-15(13)23-14)17(20)19(12-8-9-12)10-11(2)18(21)22/h4-7,11-12H,3,8-10H2,1-2H3,(H,21,22). The summed E-state index contributed by atoms with van der Waals surface area (Å²) in [6.45, 7) is 3.83. The Morgan fingerprint density at radius 1 is 1.35 bits per heavy atom. The third kappa shape index (κ3) is 2.96. The number of amides is 1. The van der Waals surface area contributed by atoms with Crippen molar-refractivity contribution in [1.82, 2.24) is 4.90 Å². The maximum Gasteiger partial charge on any atom is 0.308 e. The van der Waals surface area contributed by atoms with Crippen LogP contribution in [0.15, 0.2) is 28.7 Å². The second-order valence-corrected chi connectivity index (χ2v) is 6.18. The van der Waals surface area contributed by atoms with Crippen LogP contribution in [0.4, 0.5) is 0 Å². The molecule has 1 aromatic heterocycles. The van der Waals surface area contributed by atoms with E-state index < -0.39 is 11.9 Å². The van der Waals surface area contributed by atoms with E-state index in [0.717, 1.165) is 18.2 Å². The van der Waals surface area contributed by atoms with Crippen molar-refractivity contribution in [3.05, 3.63) is 35.6 Å². The fourth-order valence-electron chi connectivity index (χ4n) is 2.88. The first kappa shape index (κ1) is 15.6. The van der Waals surface area contributed by atoms with Crippen molar-refractivity contribution in [3.63, 3.8) is 0 Å². The molecule has 0 spiro atoms. The monoisotopic (exact) mass is 315 g/mol. The number of aryl methyl sites for hydroxylation is 1. The average molecular weight is 315 g/mol. The Labute approximate surface area is 134 Å². The van der Waals surface area contributed by atoms with Crippen molar-refractivity contribution in [2.24, 2.45) is 5.92 Å². The van der Waals surface area contributed by atoms with Gasteiger partial charge >= 0.3 is 5.97 Å². The van der Waals surface area contributed by atoms with E-state index in [2.05, 4.69) is 0 Å². The summed E-state index contributed by atoms with van der Waals surface area (Å²) in [5.41, 5.74) is 1.29. The topological polar surface area (TPSA) is 70.8 Å². The van der Waals surface area contributed by atoms with Crippen LogP contribution in [0.3, 0.4) is 0 Å². The van der Waals surface area contributed by atoms with Crippen LogP contribution in [-0.2, 0) is 11.2 Å². The molecule has 1 N–H and O–H groups in total. The molecule has 0 bridgehead atoms. The van der Waals surface area contributed by atoms with E-state index in [1.54, 1.807) is 11.8 Å². The van der Waals surface area contributed by atoms with E-state index in [1.165, 1.54) is 0 Å². The molecule has 0 saturated heterocycles. The Bertz CT molecular complexity index is 745. The molecule has 23 heavy (non-hydrogen) atoms. The van der Waals surface area contributed by atoms with Gasteiger partial charge in [0, 0.05) is 24.4 Å². The molecular formula is C18H21NO4. The van der Waals surface area contributed by atoms with E-state index in [-0.39, 0.29) is 18.5 Å². The summed E-state index contributed by atoms with van der Waals surface area (Å²) in [6.07, 6.45) is 2.51. The number of fused-ring (bicyclic) bond motifs is 1. The normalized spacial score (nSPS) is 15.6. The van der Waals surface area contributed by atoms with Gasteiger partial charge in [-0.15, -0.1) is 0 Å². The van der Waals surface area contributed by atoms with Gasteiger partial charge in [0.15, 0.2) is 0 Å². The number of hydrogen-bond acceptors (Lipinski definition) is 3. The van der Waals surface area contributed by atoms with E-state index in [9.17, 15) is 9.59 Å². The fraction of sp³-hybridized carbons (Fsp3) is 0.444. The molecule has 1 fully saturated rings. The number of carbonyl (C=O) groups excluding carboxylic acids is 1. The molecule has 1 unspecified atom stereocenters. The van der Waals surface area contributed by atoms with Crippen molar-refractivity contribution in [2.75, 3.05) is 6.54 Å². The van der Waals surface area contributed by atoms with Gasteiger partial charge in [0.25, 0.3) is 5.91 Å². The maximum absolute atomic E-state index is 13.1. The first-order valence-corrected chi connectivity index (χ1v) is 8.07. The fourth-order valence-corrected chi connectivity index (χ4v) is 2.88. The Morgan fingerprint density at radius 3 is 2.65 bits per heavy atom. The number of hydrogen-bond donors (Lipinski definition) is 1. The number of carbonyl (C=O) groups is 2. The summed E-state index contributed by atoms with van der Waals surface area (Å²) < 4.78 is 5.81. The summed E-state index contributed by atoms with van der Waals surface area (Å²) in [7, 11) is 0. The molecule has 1 amide bonds. The van der Waals surface area contributed by atoms with Gasteiger partial charge in [-0.3, -0.25) is 9.59 Å². The summed E-state index contributed by atoms with van der Waals surface area (Å²) in [6, 6.07) is 7.66. The number of carboxylic acid groups (broad SMARTS) is 1. The molecule has 1 atom stereocenters. The Morgan fingerprint density at radius 2 is 2.04 bits per heavy atom. The zero-order valence-electron chi connectivity index (χ0n) is 13.4. The van der Waals surface area contributed by atoms with Gasteiger partial charge in [0.1, 0.15) is 11.3 Å². The molecule has 3 rings (SSSR count). The Hall–Kier alpha value is -2.30. The third-order valence-corrected chi connectivity index (χ3v) is 4.34. The minimum atomic E-state index is -0.879. The molecule has 1 aliphatic carbocycles. The lowest BCUT2D eigenvalue weighted by Crippen LogP contribution is -2.38. The SMILES string of the molecule is CCc1oc2ccccc2c1C(=O)N(CC(C)C(=O)O)C1CC1. The molecule has 0 aliphatic heterocycles. The van der Waals surface area contributed by atoms with Crippen LogP contribution in [0.2, 0.25) is 0 Å². The molecule has 0 radical (unpaired) electrons. The predicted molar refractivity (Wildman–Crippen MR) is 86.5 cm³/mol. The minimum absolute atomic E-state index is 0.109. The molecular weight excluding hydrogens is 294 g/mol. The van der Waals surface area contributed by atoms with E-state index in [4.69, 9.17) is 9.52 Å². The van der Waals surface area contributed by atoms with Crippen LogP contribution in [-0.4, -0.2) is 34.5 Å². The number of benzene rings is 1. The lowest BCUT2D eigenvalue weighted by Gasteiger charge is -2.24. The Balaban J connectivity index is 1.98. The average Bonchev–Trinajstić information content (AvgIpc) is 3.31. The molecule has 1 saturated carbocycles. The molecule has 5 heteroatoms. The van der Waals surface area contributed by atoms with Gasteiger partial charge in [-0.25, -0.2) is 0 Å². The number of nitrogens with zero attached hydrogens (tertiary/aromatic N) is 1. The van der Waals surface area contributed by atoms with Crippen LogP contribution >= 0.6 is 0 Å². The zero-order chi connectivity index (χ0) is 16.6. The van der Waals surface area contributed by atoms with Gasteiger partial charge in [-0.2, -0.15) is 0 Å². The minimum Gasteiger partial charge on any atom is -0.481 e. The van der Waals surface area contributed by atoms with Gasteiger partial charge in [-0.05, 0) is 18.9 Å². The second kappa shape index (κ2) is 6.07. The lowest BCUT2D eigenvalue weighted by atomic mass is 10.1. The van der Waals surface area contributed by atoms with Crippen molar-refractivity contribution in [2.45, 2.75) is 39.2 Å². The maximum atomic E-state index is 13.1. The van der Waals surface area contributed by atoms with Crippen molar-refractivity contribution < 1.29 is 19.1 Å². The highest BCUT2D eigenvalue weighted by atomic mass is 16.4. The highest BCUT2D eigenvalue weighted by Gasteiger charge is 2.36. The quantitative estimate of drug-likeness (QED) is 0.887. The van der Waals surface area contributed by atoms with Crippen LogP contribution in [0.5, 0.6) is 0 Å². The Kier molecular flexibility index (Phi) is 4.11. The smallest absolute Gasteiger partial charge is 0.308 e. The van der Waals surface area contributed by atoms with Crippen molar-refractivity contribution >= 4 is 22.8 Å². The van der Waals surface area contributed by atoms with E-state index in [1.807, 2.05) is 31.2 Å². The van der Waals surface area contributed by atoms with E-state index in [0.29, 0.717) is 23.3 Å². The number of para-hydroxylation sites is 1. The lowest BCUT2D eigenvalue weighted by molar-refractivity contribution is -0.141. The van der Waals surface area contributed by atoms with Crippen LogP contribution < -0.4 is 0 Å². The van der Waals surface area contributed by atoms with Crippen molar-refractivity contribution in [3.8, 4) is 0 Å². The number of rotatable bonds is 6. The van der Waals surface area contributed by atoms with Gasteiger partial charge in [0.2, 0.25) is 0 Å². The molecule has 122 valence electrons. The summed E-state index contributed by atoms with van der Waals surface area (Å²) in [5, 5.41) is 9.97. The summed E-state index contributed by atoms with van der Waals surface area (Å²) in [4.78, 5) is 26.0. The van der Waals surface area contributed by atoms with Gasteiger partial charge < -0.3 is 14.4 Å². The number of furan rings is 1. The van der Waals surface area contributed by atoms with E-state index >= 15 is 0 Å². The van der Waals surface area contributed by atoms with Gasteiger partial charge in [0.05, 0.1) is 11.5 Å².